The molecule has 7 heteroatoms. The molecule has 1 amide bonds. The van der Waals surface area contributed by atoms with Gasteiger partial charge in [-0.1, -0.05) is 10.6 Å². The molecule has 0 atom stereocenters. The molecule has 1 aliphatic rings. The first-order valence-corrected chi connectivity index (χ1v) is 7.84. The lowest BCUT2D eigenvalue weighted by Crippen LogP contribution is -2.35. The van der Waals surface area contributed by atoms with Crippen LogP contribution in [0.15, 0.2) is 29.9 Å². The number of carbonyl (C=O) groups is 1. The predicted molar refractivity (Wildman–Crippen MR) is 79.9 cm³/mol. The molecule has 0 spiro atoms. The average molecular weight is 303 g/mol. The molecule has 21 heavy (non-hydrogen) atoms. The number of hydrogen-bond donors (Lipinski definition) is 0. The number of nitrogens with zero attached hydrogens (tertiary/aromatic N) is 5. The van der Waals surface area contributed by atoms with E-state index in [9.17, 15) is 4.79 Å². The standard InChI is InChI=1S/C14H17N5OS/c20-14(13-11-21-17-16-13)19-6-2-5-18(7-8-19)10-12-3-1-4-15-9-12/h1,3-4,9,11H,2,5-8,10H2. The highest BCUT2D eigenvalue weighted by Gasteiger charge is 2.21. The number of amides is 1. The largest absolute Gasteiger partial charge is 0.336 e. The van der Waals surface area contributed by atoms with Crippen LogP contribution in [-0.2, 0) is 6.54 Å². The van der Waals surface area contributed by atoms with Crippen molar-refractivity contribution in [3.63, 3.8) is 0 Å². The maximum atomic E-state index is 12.3. The van der Waals surface area contributed by atoms with Crippen LogP contribution >= 0.6 is 11.5 Å². The first kappa shape index (κ1) is 14.1. The second-order valence-corrected chi connectivity index (χ2v) is 5.68. The molecular weight excluding hydrogens is 286 g/mol. The van der Waals surface area contributed by atoms with Crippen molar-refractivity contribution in [2.45, 2.75) is 13.0 Å². The Labute approximate surface area is 127 Å². The van der Waals surface area contributed by atoms with Crippen LogP contribution in [0.1, 0.15) is 22.5 Å². The van der Waals surface area contributed by atoms with Crippen molar-refractivity contribution < 1.29 is 4.79 Å². The Hall–Kier alpha value is -1.86. The minimum atomic E-state index is -0.00743. The molecule has 2 aromatic heterocycles. The summed E-state index contributed by atoms with van der Waals surface area (Å²) < 4.78 is 3.76. The van der Waals surface area contributed by atoms with E-state index in [-0.39, 0.29) is 5.91 Å². The van der Waals surface area contributed by atoms with Crippen LogP contribution in [0.2, 0.25) is 0 Å². The van der Waals surface area contributed by atoms with Gasteiger partial charge in [0.1, 0.15) is 0 Å². The summed E-state index contributed by atoms with van der Waals surface area (Å²) in [6.45, 7) is 4.26. The van der Waals surface area contributed by atoms with E-state index in [1.54, 1.807) is 11.6 Å². The Kier molecular flexibility index (Phi) is 4.52. The van der Waals surface area contributed by atoms with Crippen LogP contribution in [0.25, 0.3) is 0 Å². The fourth-order valence-corrected chi connectivity index (χ4v) is 2.93. The topological polar surface area (TPSA) is 62.2 Å². The van der Waals surface area contributed by atoms with Gasteiger partial charge in [0.2, 0.25) is 0 Å². The van der Waals surface area contributed by atoms with Crippen LogP contribution in [0, 0.1) is 0 Å². The maximum Gasteiger partial charge on any atom is 0.275 e. The molecular formula is C14H17N5OS. The van der Waals surface area contributed by atoms with E-state index in [4.69, 9.17) is 0 Å². The number of pyridine rings is 1. The van der Waals surface area contributed by atoms with E-state index in [0.29, 0.717) is 5.69 Å². The first-order chi connectivity index (χ1) is 10.3. The van der Waals surface area contributed by atoms with E-state index >= 15 is 0 Å². The summed E-state index contributed by atoms with van der Waals surface area (Å²) in [6.07, 6.45) is 4.66. The molecule has 3 heterocycles. The van der Waals surface area contributed by atoms with Crippen molar-refractivity contribution in [1.82, 2.24) is 24.4 Å². The van der Waals surface area contributed by atoms with Gasteiger partial charge in [-0.15, -0.1) is 5.10 Å². The summed E-state index contributed by atoms with van der Waals surface area (Å²) in [5, 5.41) is 5.57. The summed E-state index contributed by atoms with van der Waals surface area (Å²) in [4.78, 5) is 20.7. The molecule has 0 bridgehead atoms. The first-order valence-electron chi connectivity index (χ1n) is 7.00. The molecule has 0 N–H and O–H groups in total. The molecule has 0 radical (unpaired) electrons. The number of aromatic nitrogens is 3. The lowest BCUT2D eigenvalue weighted by Gasteiger charge is -2.21. The van der Waals surface area contributed by atoms with Crippen molar-refractivity contribution in [3.05, 3.63) is 41.2 Å². The molecule has 110 valence electrons. The zero-order valence-corrected chi connectivity index (χ0v) is 12.5. The second kappa shape index (κ2) is 6.73. The highest BCUT2D eigenvalue weighted by molar-refractivity contribution is 7.03. The third kappa shape index (κ3) is 3.62. The molecule has 0 aliphatic carbocycles. The van der Waals surface area contributed by atoms with Gasteiger partial charge in [0, 0.05) is 50.5 Å². The van der Waals surface area contributed by atoms with Gasteiger partial charge in [0.15, 0.2) is 5.69 Å². The number of hydrogen-bond acceptors (Lipinski definition) is 6. The normalized spacial score (nSPS) is 16.7. The van der Waals surface area contributed by atoms with E-state index < -0.39 is 0 Å². The molecule has 3 rings (SSSR count). The quantitative estimate of drug-likeness (QED) is 0.855. The number of carbonyl (C=O) groups excluding carboxylic acids is 1. The van der Waals surface area contributed by atoms with Gasteiger partial charge in [0.25, 0.3) is 5.91 Å². The van der Waals surface area contributed by atoms with Gasteiger partial charge in [-0.2, -0.15) is 0 Å². The van der Waals surface area contributed by atoms with Gasteiger partial charge in [-0.05, 0) is 29.6 Å². The van der Waals surface area contributed by atoms with Gasteiger partial charge < -0.3 is 4.90 Å². The summed E-state index contributed by atoms with van der Waals surface area (Å²) in [5.74, 6) is -0.00743. The van der Waals surface area contributed by atoms with Crippen LogP contribution < -0.4 is 0 Å². The Morgan fingerprint density at radius 1 is 1.29 bits per heavy atom. The summed E-state index contributed by atoms with van der Waals surface area (Å²) in [6, 6.07) is 4.04. The fourth-order valence-electron chi connectivity index (χ4n) is 2.50. The van der Waals surface area contributed by atoms with Gasteiger partial charge in [-0.3, -0.25) is 14.7 Å². The highest BCUT2D eigenvalue weighted by Crippen LogP contribution is 2.11. The van der Waals surface area contributed by atoms with E-state index in [1.807, 2.05) is 17.2 Å². The molecule has 1 saturated heterocycles. The van der Waals surface area contributed by atoms with Crippen LogP contribution in [-0.4, -0.2) is 56.5 Å². The van der Waals surface area contributed by atoms with Crippen molar-refractivity contribution in [2.24, 2.45) is 0 Å². The van der Waals surface area contributed by atoms with Gasteiger partial charge in [-0.25, -0.2) is 0 Å². The zero-order chi connectivity index (χ0) is 14.5. The van der Waals surface area contributed by atoms with E-state index in [0.717, 1.165) is 39.1 Å². The molecule has 0 aromatic carbocycles. The monoisotopic (exact) mass is 303 g/mol. The minimum absolute atomic E-state index is 0.00743. The van der Waals surface area contributed by atoms with Gasteiger partial charge in [0.05, 0.1) is 0 Å². The van der Waals surface area contributed by atoms with Crippen molar-refractivity contribution in [3.8, 4) is 0 Å². The zero-order valence-electron chi connectivity index (χ0n) is 11.7. The Bertz CT molecular complexity index is 574. The third-order valence-corrected chi connectivity index (χ3v) is 4.09. The molecule has 1 aliphatic heterocycles. The minimum Gasteiger partial charge on any atom is -0.336 e. The van der Waals surface area contributed by atoms with Crippen molar-refractivity contribution in [1.29, 1.82) is 0 Å². The van der Waals surface area contributed by atoms with Crippen LogP contribution in [0.3, 0.4) is 0 Å². The lowest BCUT2D eigenvalue weighted by molar-refractivity contribution is 0.0755. The average Bonchev–Trinajstić information content (AvgIpc) is 2.95. The highest BCUT2D eigenvalue weighted by atomic mass is 32.1. The fraction of sp³-hybridized carbons (Fsp3) is 0.429. The SMILES string of the molecule is O=C(c1csnn1)N1CCCN(Cc2cccnc2)CC1. The Balaban J connectivity index is 1.58. The summed E-state index contributed by atoms with van der Waals surface area (Å²) in [7, 11) is 0. The Morgan fingerprint density at radius 2 is 2.24 bits per heavy atom. The summed E-state index contributed by atoms with van der Waals surface area (Å²) >= 11 is 1.21. The molecule has 2 aromatic rings. The maximum absolute atomic E-state index is 12.3. The second-order valence-electron chi connectivity index (χ2n) is 5.07. The smallest absolute Gasteiger partial charge is 0.275 e. The Morgan fingerprint density at radius 3 is 3.00 bits per heavy atom. The molecule has 0 saturated carbocycles. The van der Waals surface area contributed by atoms with Gasteiger partial charge >= 0.3 is 0 Å². The van der Waals surface area contributed by atoms with Crippen molar-refractivity contribution >= 4 is 17.4 Å². The predicted octanol–water partition coefficient (Wildman–Crippen LogP) is 1.28. The molecule has 1 fully saturated rings. The number of rotatable bonds is 3. The van der Waals surface area contributed by atoms with E-state index in [1.165, 1.54) is 17.1 Å². The van der Waals surface area contributed by atoms with E-state index in [2.05, 4.69) is 25.5 Å². The molecule has 6 nitrogen and oxygen atoms in total. The summed E-state index contributed by atoms with van der Waals surface area (Å²) in [5.41, 5.74) is 1.67. The lowest BCUT2D eigenvalue weighted by atomic mass is 10.2. The van der Waals surface area contributed by atoms with Crippen LogP contribution in [0.5, 0.6) is 0 Å². The third-order valence-electron chi connectivity index (χ3n) is 3.58. The molecule has 0 unspecified atom stereocenters. The van der Waals surface area contributed by atoms with Crippen LogP contribution in [0.4, 0.5) is 0 Å². The van der Waals surface area contributed by atoms with Crippen molar-refractivity contribution in [2.75, 3.05) is 26.2 Å².